The molecule has 1 heterocycles. The van der Waals surface area contributed by atoms with Gasteiger partial charge in [0.05, 0.1) is 17.6 Å². The highest BCUT2D eigenvalue weighted by atomic mass is 16.5. The third-order valence-electron chi connectivity index (χ3n) is 4.66. The number of amides is 1. The lowest BCUT2D eigenvalue weighted by Gasteiger charge is -2.17. The van der Waals surface area contributed by atoms with E-state index in [1.54, 1.807) is 68.4 Å². The topological polar surface area (TPSA) is 90.0 Å². The minimum atomic E-state index is -0.647. The Labute approximate surface area is 174 Å². The van der Waals surface area contributed by atoms with Gasteiger partial charge in [0.25, 0.3) is 0 Å². The zero-order valence-corrected chi connectivity index (χ0v) is 16.9. The lowest BCUT2D eigenvalue weighted by molar-refractivity contribution is -0.147. The summed E-state index contributed by atoms with van der Waals surface area (Å²) < 4.78 is 10.3. The summed E-state index contributed by atoms with van der Waals surface area (Å²) in [6, 6.07) is 15.0. The van der Waals surface area contributed by atoms with Crippen molar-refractivity contribution in [2.45, 2.75) is 26.4 Å². The molecule has 0 saturated carbocycles. The van der Waals surface area contributed by atoms with Crippen LogP contribution in [0.5, 0.6) is 0 Å². The molecular weight excluding hydrogens is 386 g/mol. The van der Waals surface area contributed by atoms with Crippen molar-refractivity contribution in [1.82, 2.24) is 0 Å². The van der Waals surface area contributed by atoms with Crippen LogP contribution in [0.15, 0.2) is 54.6 Å². The number of Topliss-reactive ketones (excluding diaryl/α,β-unsaturated/α-hetero) is 1. The van der Waals surface area contributed by atoms with Gasteiger partial charge in [0.2, 0.25) is 5.91 Å². The number of benzene rings is 2. The molecule has 2 aromatic carbocycles. The molecule has 1 fully saturated rings. The fraction of sp³-hybridized carbons (Fsp3) is 0.304. The molecule has 0 aliphatic carbocycles. The lowest BCUT2D eigenvalue weighted by Crippen LogP contribution is -2.27. The molecule has 0 aromatic heterocycles. The lowest BCUT2D eigenvalue weighted by atomic mass is 10.1. The first-order valence-electron chi connectivity index (χ1n) is 9.71. The van der Waals surface area contributed by atoms with Gasteiger partial charge in [-0.15, -0.1) is 0 Å². The molecule has 7 heteroatoms. The number of hydrogen-bond acceptors (Lipinski definition) is 6. The molecule has 0 spiro atoms. The fourth-order valence-corrected chi connectivity index (χ4v) is 3.14. The summed E-state index contributed by atoms with van der Waals surface area (Å²) in [6.45, 7) is 3.33. The first kappa shape index (κ1) is 21.2. The van der Waals surface area contributed by atoms with Gasteiger partial charge in [0, 0.05) is 24.2 Å². The quantitative estimate of drug-likeness (QED) is 0.516. The number of esters is 2. The van der Waals surface area contributed by atoms with E-state index < -0.39 is 17.9 Å². The van der Waals surface area contributed by atoms with E-state index in [2.05, 4.69) is 0 Å². The molecular formula is C23H23NO6. The number of hydrogen-bond donors (Lipinski definition) is 0. The van der Waals surface area contributed by atoms with Crippen LogP contribution in [0, 0.1) is 5.92 Å². The molecule has 0 bridgehead atoms. The Balaban J connectivity index is 1.57. The van der Waals surface area contributed by atoms with Gasteiger partial charge < -0.3 is 14.4 Å². The van der Waals surface area contributed by atoms with Gasteiger partial charge >= 0.3 is 11.9 Å². The van der Waals surface area contributed by atoms with Crippen LogP contribution in [-0.2, 0) is 19.1 Å². The van der Waals surface area contributed by atoms with Gasteiger partial charge in [0.15, 0.2) is 12.4 Å². The zero-order valence-electron chi connectivity index (χ0n) is 16.9. The molecule has 2 aromatic rings. The Bertz CT molecular complexity index is 936. The molecule has 0 N–H and O–H groups in total. The van der Waals surface area contributed by atoms with Crippen LogP contribution in [0.1, 0.15) is 41.0 Å². The normalized spacial score (nSPS) is 15.9. The van der Waals surface area contributed by atoms with Gasteiger partial charge in [-0.05, 0) is 38.1 Å². The molecule has 1 amide bonds. The number of ether oxygens (including phenoxy) is 2. The summed E-state index contributed by atoms with van der Waals surface area (Å²) in [4.78, 5) is 50.2. The first-order valence-corrected chi connectivity index (χ1v) is 9.71. The molecule has 1 atom stereocenters. The second-order valence-corrected chi connectivity index (χ2v) is 7.30. The highest BCUT2D eigenvalue weighted by Crippen LogP contribution is 2.26. The second kappa shape index (κ2) is 9.35. The SMILES string of the molecule is CC(C)OC(=O)c1ccc(N2C[C@@H](C(=O)OCC(=O)c3ccccc3)CC2=O)cc1. The number of rotatable bonds is 7. The van der Waals surface area contributed by atoms with Gasteiger partial charge in [-0.3, -0.25) is 14.4 Å². The van der Waals surface area contributed by atoms with Crippen molar-refractivity contribution in [2.75, 3.05) is 18.1 Å². The maximum absolute atomic E-state index is 12.4. The molecule has 30 heavy (non-hydrogen) atoms. The molecule has 1 saturated heterocycles. The van der Waals surface area contributed by atoms with Crippen molar-refractivity contribution in [3.8, 4) is 0 Å². The van der Waals surface area contributed by atoms with Crippen molar-refractivity contribution in [3.63, 3.8) is 0 Å². The number of anilines is 1. The maximum Gasteiger partial charge on any atom is 0.338 e. The number of nitrogens with zero attached hydrogens (tertiary/aromatic N) is 1. The van der Waals surface area contributed by atoms with E-state index in [0.29, 0.717) is 16.8 Å². The van der Waals surface area contributed by atoms with Crippen LogP contribution in [-0.4, -0.2) is 42.9 Å². The molecule has 1 aliphatic heterocycles. The van der Waals surface area contributed by atoms with E-state index in [-0.39, 0.29) is 37.4 Å². The minimum absolute atomic E-state index is 0.00943. The van der Waals surface area contributed by atoms with Gasteiger partial charge in [0.1, 0.15) is 0 Å². The third-order valence-corrected chi connectivity index (χ3v) is 4.66. The molecule has 156 valence electrons. The predicted octanol–water partition coefficient (Wildman–Crippen LogP) is 3.03. The Morgan fingerprint density at radius 3 is 2.30 bits per heavy atom. The average Bonchev–Trinajstić information content (AvgIpc) is 3.13. The number of carbonyl (C=O) groups excluding carboxylic acids is 4. The summed E-state index contributed by atoms with van der Waals surface area (Å²) >= 11 is 0. The summed E-state index contributed by atoms with van der Waals surface area (Å²) in [7, 11) is 0. The molecule has 0 unspecified atom stereocenters. The molecule has 7 nitrogen and oxygen atoms in total. The van der Waals surface area contributed by atoms with E-state index in [1.807, 2.05) is 0 Å². The monoisotopic (exact) mass is 409 g/mol. The van der Waals surface area contributed by atoms with E-state index in [4.69, 9.17) is 9.47 Å². The summed E-state index contributed by atoms with van der Waals surface area (Å²) in [5.41, 5.74) is 1.43. The van der Waals surface area contributed by atoms with Crippen LogP contribution in [0.2, 0.25) is 0 Å². The Morgan fingerprint density at radius 1 is 1.00 bits per heavy atom. The standard InChI is InChI=1S/C23H23NO6/c1-15(2)30-23(28)17-8-10-19(11-9-17)24-13-18(12-21(24)26)22(27)29-14-20(25)16-6-4-3-5-7-16/h3-11,15,18H,12-14H2,1-2H3/t18-/m0/s1. The summed E-state index contributed by atoms with van der Waals surface area (Å²) in [5, 5.41) is 0. The van der Waals surface area contributed by atoms with Crippen molar-refractivity contribution in [2.24, 2.45) is 5.92 Å². The van der Waals surface area contributed by atoms with Crippen LogP contribution in [0.25, 0.3) is 0 Å². The predicted molar refractivity (Wildman–Crippen MR) is 109 cm³/mol. The highest BCUT2D eigenvalue weighted by molar-refractivity contribution is 6.01. The van der Waals surface area contributed by atoms with Gasteiger partial charge in [-0.1, -0.05) is 30.3 Å². The Morgan fingerprint density at radius 2 is 1.67 bits per heavy atom. The van der Waals surface area contributed by atoms with Crippen molar-refractivity contribution < 1.29 is 28.7 Å². The van der Waals surface area contributed by atoms with Crippen molar-refractivity contribution >= 4 is 29.3 Å². The van der Waals surface area contributed by atoms with E-state index in [9.17, 15) is 19.2 Å². The van der Waals surface area contributed by atoms with Gasteiger partial charge in [-0.2, -0.15) is 0 Å². The van der Waals surface area contributed by atoms with Crippen LogP contribution in [0.3, 0.4) is 0 Å². The fourth-order valence-electron chi connectivity index (χ4n) is 3.14. The Hall–Kier alpha value is -3.48. The van der Waals surface area contributed by atoms with E-state index in [1.165, 1.54) is 4.90 Å². The third kappa shape index (κ3) is 5.11. The van der Waals surface area contributed by atoms with Crippen molar-refractivity contribution in [1.29, 1.82) is 0 Å². The minimum Gasteiger partial charge on any atom is -0.459 e. The van der Waals surface area contributed by atoms with E-state index >= 15 is 0 Å². The average molecular weight is 409 g/mol. The van der Waals surface area contributed by atoms with Crippen molar-refractivity contribution in [3.05, 3.63) is 65.7 Å². The molecule has 3 rings (SSSR count). The second-order valence-electron chi connectivity index (χ2n) is 7.30. The van der Waals surface area contributed by atoms with Crippen LogP contribution >= 0.6 is 0 Å². The summed E-state index contributed by atoms with van der Waals surface area (Å²) in [5.74, 6) is -2.18. The van der Waals surface area contributed by atoms with E-state index in [0.717, 1.165) is 0 Å². The highest BCUT2D eigenvalue weighted by Gasteiger charge is 2.36. The number of ketones is 1. The largest absolute Gasteiger partial charge is 0.459 e. The summed E-state index contributed by atoms with van der Waals surface area (Å²) in [6.07, 6.45) is -0.215. The van der Waals surface area contributed by atoms with Crippen LogP contribution < -0.4 is 4.90 Å². The molecule has 1 aliphatic rings. The Kier molecular flexibility index (Phi) is 6.61. The first-order chi connectivity index (χ1) is 14.3. The van der Waals surface area contributed by atoms with Gasteiger partial charge in [-0.25, -0.2) is 4.79 Å². The maximum atomic E-state index is 12.4. The smallest absolute Gasteiger partial charge is 0.338 e. The number of carbonyl (C=O) groups is 4. The molecule has 0 radical (unpaired) electrons. The van der Waals surface area contributed by atoms with Crippen LogP contribution in [0.4, 0.5) is 5.69 Å². The zero-order chi connectivity index (χ0) is 21.7.